The van der Waals surface area contributed by atoms with Gasteiger partial charge in [0, 0.05) is 17.5 Å². The molecular weight excluding hydrogens is 368 g/mol. The Balaban J connectivity index is 2.19. The van der Waals surface area contributed by atoms with E-state index in [9.17, 15) is 22.0 Å². The molecule has 0 aliphatic heterocycles. The van der Waals surface area contributed by atoms with Crippen molar-refractivity contribution in [2.24, 2.45) is 0 Å². The molecule has 0 heterocycles. The second-order valence-electron chi connectivity index (χ2n) is 5.22. The van der Waals surface area contributed by atoms with Crippen LogP contribution in [0.3, 0.4) is 0 Å². The highest BCUT2D eigenvalue weighted by molar-refractivity contribution is 7.90. The highest BCUT2D eigenvalue weighted by Crippen LogP contribution is 2.30. The van der Waals surface area contributed by atoms with Crippen LogP contribution in [0.1, 0.15) is 17.3 Å². The van der Waals surface area contributed by atoms with Crippen molar-refractivity contribution in [2.75, 3.05) is 18.2 Å². The number of hydrogen-bond acceptors (Lipinski definition) is 5. The van der Waals surface area contributed by atoms with Gasteiger partial charge < -0.3 is 14.8 Å². The van der Waals surface area contributed by atoms with E-state index < -0.39 is 22.4 Å². The first-order valence-corrected chi connectivity index (χ1v) is 9.43. The fraction of sp³-hybridized carbons (Fsp3) is 0.235. The summed E-state index contributed by atoms with van der Waals surface area (Å²) in [5.74, 6) is -0.662. The average Bonchev–Trinajstić information content (AvgIpc) is 2.56. The summed E-state index contributed by atoms with van der Waals surface area (Å²) in [6, 6.07) is 9.48. The normalized spacial score (nSPS) is 11.3. The zero-order valence-electron chi connectivity index (χ0n) is 14.0. The largest absolute Gasteiger partial charge is 0.490 e. The van der Waals surface area contributed by atoms with Crippen LogP contribution < -0.4 is 14.8 Å². The lowest BCUT2D eigenvalue weighted by atomic mass is 10.2. The third-order valence-electron chi connectivity index (χ3n) is 3.26. The predicted octanol–water partition coefficient (Wildman–Crippen LogP) is 3.34. The second kappa shape index (κ2) is 8.13. The minimum atomic E-state index is -3.33. The molecule has 0 fully saturated rings. The molecular formula is C17H17F2NO5S. The van der Waals surface area contributed by atoms with E-state index in [0.29, 0.717) is 5.69 Å². The van der Waals surface area contributed by atoms with E-state index in [4.69, 9.17) is 4.74 Å². The molecule has 0 aromatic heterocycles. The number of sulfone groups is 1. The maximum absolute atomic E-state index is 12.4. The highest BCUT2D eigenvalue weighted by Gasteiger charge is 2.15. The van der Waals surface area contributed by atoms with Gasteiger partial charge in [0.2, 0.25) is 0 Å². The van der Waals surface area contributed by atoms with Crippen molar-refractivity contribution in [2.45, 2.75) is 18.4 Å². The van der Waals surface area contributed by atoms with Crippen LogP contribution in [-0.2, 0) is 9.84 Å². The van der Waals surface area contributed by atoms with Crippen LogP contribution in [-0.4, -0.2) is 33.8 Å². The number of ether oxygens (including phenoxy) is 2. The van der Waals surface area contributed by atoms with Crippen molar-refractivity contribution in [3.63, 3.8) is 0 Å². The van der Waals surface area contributed by atoms with Gasteiger partial charge in [-0.05, 0) is 49.4 Å². The summed E-state index contributed by atoms with van der Waals surface area (Å²) >= 11 is 0. The minimum Gasteiger partial charge on any atom is -0.490 e. The molecule has 140 valence electrons. The number of halogens is 2. The van der Waals surface area contributed by atoms with Crippen molar-refractivity contribution < 1.29 is 31.5 Å². The molecule has 0 aliphatic rings. The molecule has 1 amide bonds. The number of carbonyl (C=O) groups is 1. The van der Waals surface area contributed by atoms with Crippen LogP contribution in [0.25, 0.3) is 0 Å². The Labute approximate surface area is 149 Å². The number of carbonyl (C=O) groups excluding carboxylic acids is 1. The number of benzene rings is 2. The molecule has 0 saturated heterocycles. The highest BCUT2D eigenvalue weighted by atomic mass is 32.2. The number of amides is 1. The zero-order valence-corrected chi connectivity index (χ0v) is 14.8. The van der Waals surface area contributed by atoms with Gasteiger partial charge in [-0.3, -0.25) is 4.79 Å². The lowest BCUT2D eigenvalue weighted by Gasteiger charge is -2.13. The molecule has 2 aromatic rings. The third kappa shape index (κ3) is 5.16. The lowest BCUT2D eigenvalue weighted by Crippen LogP contribution is -2.13. The molecule has 0 saturated carbocycles. The van der Waals surface area contributed by atoms with Crippen molar-refractivity contribution in [3.8, 4) is 11.5 Å². The summed E-state index contributed by atoms with van der Waals surface area (Å²) in [6.07, 6.45) is 1.08. The fourth-order valence-corrected chi connectivity index (χ4v) is 2.73. The van der Waals surface area contributed by atoms with Gasteiger partial charge in [-0.25, -0.2) is 8.42 Å². The van der Waals surface area contributed by atoms with Gasteiger partial charge in [-0.1, -0.05) is 0 Å². The SMILES string of the molecule is CCOc1cc(C(=O)Nc2ccc(S(C)(=O)=O)cc2)ccc1OC(F)F. The molecule has 2 aromatic carbocycles. The van der Waals surface area contributed by atoms with Gasteiger partial charge in [0.15, 0.2) is 21.3 Å². The smallest absolute Gasteiger partial charge is 0.387 e. The summed E-state index contributed by atoms with van der Waals surface area (Å²) in [5, 5.41) is 2.59. The first-order valence-electron chi connectivity index (χ1n) is 7.54. The van der Waals surface area contributed by atoms with Crippen molar-refractivity contribution in [3.05, 3.63) is 48.0 Å². The second-order valence-corrected chi connectivity index (χ2v) is 7.24. The Hall–Kier alpha value is -2.68. The predicted molar refractivity (Wildman–Crippen MR) is 91.7 cm³/mol. The number of hydrogen-bond donors (Lipinski definition) is 1. The van der Waals surface area contributed by atoms with Gasteiger partial charge >= 0.3 is 6.61 Å². The lowest BCUT2D eigenvalue weighted by molar-refractivity contribution is -0.0514. The van der Waals surface area contributed by atoms with Gasteiger partial charge in [0.1, 0.15) is 0 Å². The summed E-state index contributed by atoms with van der Waals surface area (Å²) < 4.78 is 57.2. The standard InChI is InChI=1S/C17H17F2NO5S/c1-3-24-15-10-11(4-9-14(15)25-17(18)19)16(21)20-12-5-7-13(8-6-12)26(2,22)23/h4-10,17H,3H2,1-2H3,(H,20,21). The Kier molecular flexibility index (Phi) is 6.14. The van der Waals surface area contributed by atoms with E-state index >= 15 is 0 Å². The fourth-order valence-electron chi connectivity index (χ4n) is 2.10. The molecule has 2 rings (SSSR count). The first kappa shape index (κ1) is 19.6. The van der Waals surface area contributed by atoms with E-state index in [1.807, 2.05) is 0 Å². The topological polar surface area (TPSA) is 81.7 Å². The van der Waals surface area contributed by atoms with Crippen LogP contribution in [0.15, 0.2) is 47.4 Å². The molecule has 6 nitrogen and oxygen atoms in total. The summed E-state index contributed by atoms with van der Waals surface area (Å²) in [6.45, 7) is -1.14. The van der Waals surface area contributed by atoms with Crippen LogP contribution in [0.4, 0.5) is 14.5 Å². The van der Waals surface area contributed by atoms with Crippen LogP contribution in [0.5, 0.6) is 11.5 Å². The number of alkyl halides is 2. The van der Waals surface area contributed by atoms with Gasteiger partial charge in [0.25, 0.3) is 5.91 Å². The van der Waals surface area contributed by atoms with Crippen molar-refractivity contribution >= 4 is 21.4 Å². The molecule has 0 bridgehead atoms. The summed E-state index contributed by atoms with van der Waals surface area (Å²) in [7, 11) is -3.33. The number of nitrogens with one attached hydrogen (secondary N) is 1. The van der Waals surface area contributed by atoms with Gasteiger partial charge in [-0.2, -0.15) is 8.78 Å². The van der Waals surface area contributed by atoms with Crippen LogP contribution in [0.2, 0.25) is 0 Å². The molecule has 0 radical (unpaired) electrons. The van der Waals surface area contributed by atoms with E-state index in [2.05, 4.69) is 10.1 Å². The maximum atomic E-state index is 12.4. The molecule has 9 heteroatoms. The van der Waals surface area contributed by atoms with Crippen molar-refractivity contribution in [1.82, 2.24) is 0 Å². The molecule has 26 heavy (non-hydrogen) atoms. The first-order chi connectivity index (χ1) is 12.2. The van der Waals surface area contributed by atoms with E-state index in [1.165, 1.54) is 42.5 Å². The monoisotopic (exact) mass is 385 g/mol. The van der Waals surface area contributed by atoms with E-state index in [1.54, 1.807) is 6.92 Å². The zero-order chi connectivity index (χ0) is 19.3. The molecule has 0 unspecified atom stereocenters. The van der Waals surface area contributed by atoms with E-state index in [-0.39, 0.29) is 28.6 Å². The molecule has 0 aliphatic carbocycles. The Morgan fingerprint density at radius 3 is 2.31 bits per heavy atom. The van der Waals surface area contributed by atoms with Gasteiger partial charge in [0.05, 0.1) is 11.5 Å². The summed E-state index contributed by atoms with van der Waals surface area (Å²) in [4.78, 5) is 12.4. The molecule has 0 spiro atoms. The average molecular weight is 385 g/mol. The summed E-state index contributed by atoms with van der Waals surface area (Å²) in [5.41, 5.74) is 0.551. The molecule has 0 atom stereocenters. The maximum Gasteiger partial charge on any atom is 0.387 e. The Morgan fingerprint density at radius 1 is 1.12 bits per heavy atom. The van der Waals surface area contributed by atoms with Crippen LogP contribution >= 0.6 is 0 Å². The minimum absolute atomic E-state index is 0.0212. The van der Waals surface area contributed by atoms with Crippen molar-refractivity contribution in [1.29, 1.82) is 0 Å². The Morgan fingerprint density at radius 2 is 1.77 bits per heavy atom. The number of rotatable bonds is 7. The molecule has 1 N–H and O–H groups in total. The Bertz CT molecular complexity index is 883. The van der Waals surface area contributed by atoms with Gasteiger partial charge in [-0.15, -0.1) is 0 Å². The quantitative estimate of drug-likeness (QED) is 0.791. The van der Waals surface area contributed by atoms with Crippen LogP contribution in [0, 0.1) is 0 Å². The van der Waals surface area contributed by atoms with E-state index in [0.717, 1.165) is 6.26 Å². The number of anilines is 1. The third-order valence-corrected chi connectivity index (χ3v) is 4.39.